The van der Waals surface area contributed by atoms with Gasteiger partial charge >= 0.3 is 0 Å². The summed E-state index contributed by atoms with van der Waals surface area (Å²) in [4.78, 5) is 21.6. The number of aromatic amines is 1. The number of rotatable bonds is 3. The predicted octanol–water partition coefficient (Wildman–Crippen LogP) is 2.90. The molecule has 3 heterocycles. The lowest BCUT2D eigenvalue weighted by molar-refractivity contribution is 0.171. The Labute approximate surface area is 154 Å². The van der Waals surface area contributed by atoms with Crippen LogP contribution >= 0.6 is 0 Å². The molecule has 1 aromatic heterocycles. The zero-order chi connectivity index (χ0) is 17.9. The smallest absolute Gasteiger partial charge is 0.251 e. The molecular formula is C21H27N3O2. The van der Waals surface area contributed by atoms with E-state index in [-0.39, 0.29) is 5.56 Å². The molecule has 1 saturated heterocycles. The number of aryl methyl sites for hydroxylation is 1. The van der Waals surface area contributed by atoms with Crippen LogP contribution in [0.5, 0.6) is 5.75 Å². The maximum atomic E-state index is 11.7. The first kappa shape index (κ1) is 17.3. The lowest BCUT2D eigenvalue weighted by Crippen LogP contribution is -2.37. The minimum atomic E-state index is -0.0351. The third kappa shape index (κ3) is 3.98. The number of likely N-dealkylation sites (tertiary alicyclic amines) is 1. The molecule has 0 bridgehead atoms. The molecule has 2 aromatic rings. The van der Waals surface area contributed by atoms with Gasteiger partial charge in [-0.15, -0.1) is 0 Å². The van der Waals surface area contributed by atoms with Crippen LogP contribution in [0.1, 0.15) is 42.3 Å². The highest BCUT2D eigenvalue weighted by molar-refractivity contribution is 5.34. The Morgan fingerprint density at radius 3 is 2.85 bits per heavy atom. The normalized spacial score (nSPS) is 21.7. The molecule has 1 N–H and O–H groups in total. The van der Waals surface area contributed by atoms with E-state index >= 15 is 0 Å². The summed E-state index contributed by atoms with van der Waals surface area (Å²) in [5.74, 6) is 2.83. The fourth-order valence-electron chi connectivity index (χ4n) is 4.31. The van der Waals surface area contributed by atoms with Crippen LogP contribution in [0.2, 0.25) is 0 Å². The second-order valence-corrected chi connectivity index (χ2v) is 7.65. The molecule has 1 atom stereocenters. The number of aromatic nitrogens is 2. The van der Waals surface area contributed by atoms with Crippen molar-refractivity contribution in [2.75, 3.05) is 26.2 Å². The Morgan fingerprint density at radius 2 is 2.04 bits per heavy atom. The number of piperidine rings is 1. The molecule has 1 aromatic carbocycles. The summed E-state index contributed by atoms with van der Waals surface area (Å²) in [6.07, 6.45) is 4.37. The van der Waals surface area contributed by atoms with Gasteiger partial charge in [0.15, 0.2) is 0 Å². The van der Waals surface area contributed by atoms with E-state index < -0.39 is 0 Å². The second-order valence-electron chi connectivity index (χ2n) is 7.65. The first-order valence-corrected chi connectivity index (χ1v) is 9.68. The van der Waals surface area contributed by atoms with Crippen LogP contribution in [0, 0.1) is 12.8 Å². The molecule has 5 nitrogen and oxygen atoms in total. The monoisotopic (exact) mass is 353 g/mol. The summed E-state index contributed by atoms with van der Waals surface area (Å²) in [5, 5.41) is 0. The number of H-pyrrole nitrogens is 1. The number of nitrogens with zero attached hydrogens (tertiary/aromatic N) is 2. The molecule has 26 heavy (non-hydrogen) atoms. The maximum Gasteiger partial charge on any atom is 0.251 e. The van der Waals surface area contributed by atoms with Gasteiger partial charge in [0.1, 0.15) is 11.6 Å². The number of hydrogen-bond acceptors (Lipinski definition) is 4. The van der Waals surface area contributed by atoms with Gasteiger partial charge in [0, 0.05) is 18.5 Å². The van der Waals surface area contributed by atoms with Crippen molar-refractivity contribution in [3.8, 4) is 5.75 Å². The highest BCUT2D eigenvalue weighted by atomic mass is 16.5. The van der Waals surface area contributed by atoms with E-state index in [1.54, 1.807) is 6.07 Å². The van der Waals surface area contributed by atoms with Gasteiger partial charge in [-0.1, -0.05) is 18.2 Å². The number of nitrogens with one attached hydrogen (secondary N) is 1. The van der Waals surface area contributed by atoms with Crippen LogP contribution in [0.4, 0.5) is 0 Å². The van der Waals surface area contributed by atoms with Gasteiger partial charge in [-0.3, -0.25) is 4.79 Å². The molecule has 1 fully saturated rings. The predicted molar refractivity (Wildman–Crippen MR) is 102 cm³/mol. The van der Waals surface area contributed by atoms with Crippen molar-refractivity contribution in [3.05, 3.63) is 57.8 Å². The quantitative estimate of drug-likeness (QED) is 0.922. The molecule has 0 radical (unpaired) electrons. The second kappa shape index (κ2) is 7.62. The number of hydrogen-bond donors (Lipinski definition) is 1. The molecule has 2 aliphatic rings. The van der Waals surface area contributed by atoms with Crippen LogP contribution in [-0.2, 0) is 6.42 Å². The molecule has 4 rings (SSSR count). The Balaban J connectivity index is 1.34. The van der Waals surface area contributed by atoms with Crippen molar-refractivity contribution < 1.29 is 4.74 Å². The van der Waals surface area contributed by atoms with Crippen LogP contribution in [-0.4, -0.2) is 41.1 Å². The van der Waals surface area contributed by atoms with Crippen LogP contribution in [0.15, 0.2) is 35.1 Å². The van der Waals surface area contributed by atoms with Crippen molar-refractivity contribution in [2.24, 2.45) is 5.92 Å². The first-order valence-electron chi connectivity index (χ1n) is 9.68. The Hall–Kier alpha value is -2.14. The minimum Gasteiger partial charge on any atom is -0.493 e. The summed E-state index contributed by atoms with van der Waals surface area (Å²) >= 11 is 0. The van der Waals surface area contributed by atoms with Crippen LogP contribution in [0.3, 0.4) is 0 Å². The average molecular weight is 353 g/mol. The number of para-hydroxylation sites is 1. The summed E-state index contributed by atoms with van der Waals surface area (Å²) < 4.78 is 5.91. The van der Waals surface area contributed by atoms with Gasteiger partial charge in [0.25, 0.3) is 5.56 Å². The summed E-state index contributed by atoms with van der Waals surface area (Å²) in [7, 11) is 0. The molecule has 2 aliphatic heterocycles. The van der Waals surface area contributed by atoms with Crippen molar-refractivity contribution >= 4 is 0 Å². The maximum absolute atomic E-state index is 11.7. The van der Waals surface area contributed by atoms with E-state index in [1.807, 2.05) is 13.0 Å². The SMILES string of the molecule is Cc1nc(C2CCN(C[C@@H]3CCOc4ccccc4C3)CC2)cc(=O)[nH]1. The average Bonchev–Trinajstić information content (AvgIpc) is 2.83. The fourth-order valence-corrected chi connectivity index (χ4v) is 4.31. The summed E-state index contributed by atoms with van der Waals surface area (Å²) in [5.41, 5.74) is 2.27. The van der Waals surface area contributed by atoms with E-state index in [0.29, 0.717) is 17.7 Å². The molecule has 5 heteroatoms. The Bertz CT molecular complexity index is 809. The van der Waals surface area contributed by atoms with E-state index in [4.69, 9.17) is 4.74 Å². The van der Waals surface area contributed by atoms with Crippen molar-refractivity contribution in [3.63, 3.8) is 0 Å². The molecule has 0 spiro atoms. The van der Waals surface area contributed by atoms with E-state index in [2.05, 4.69) is 33.1 Å². The lowest BCUT2D eigenvalue weighted by atomic mass is 9.91. The van der Waals surface area contributed by atoms with Crippen LogP contribution in [0.25, 0.3) is 0 Å². The Morgan fingerprint density at radius 1 is 1.23 bits per heavy atom. The highest BCUT2D eigenvalue weighted by Gasteiger charge is 2.25. The first-order chi connectivity index (χ1) is 12.7. The highest BCUT2D eigenvalue weighted by Crippen LogP contribution is 2.30. The summed E-state index contributed by atoms with van der Waals surface area (Å²) in [6.45, 7) is 5.96. The minimum absolute atomic E-state index is 0.0351. The van der Waals surface area contributed by atoms with Crippen molar-refractivity contribution in [2.45, 2.75) is 38.5 Å². The topological polar surface area (TPSA) is 58.2 Å². The standard InChI is InChI=1S/C21H27N3O2/c1-15-22-19(13-21(25)23-15)17-6-9-24(10-7-17)14-16-8-11-26-20-5-3-2-4-18(20)12-16/h2-5,13,16-17H,6-12,14H2,1H3,(H,22,23,25)/t16-/m1/s1. The van der Waals surface area contributed by atoms with Gasteiger partial charge in [-0.05, 0) is 63.2 Å². The van der Waals surface area contributed by atoms with Gasteiger partial charge < -0.3 is 14.6 Å². The number of benzene rings is 1. The van der Waals surface area contributed by atoms with Gasteiger partial charge in [-0.25, -0.2) is 4.98 Å². The van der Waals surface area contributed by atoms with E-state index in [0.717, 1.165) is 63.4 Å². The zero-order valence-corrected chi connectivity index (χ0v) is 15.4. The van der Waals surface area contributed by atoms with Gasteiger partial charge in [0.2, 0.25) is 0 Å². The van der Waals surface area contributed by atoms with E-state index in [1.165, 1.54) is 5.56 Å². The molecule has 0 amide bonds. The molecule has 138 valence electrons. The number of fused-ring (bicyclic) bond motifs is 1. The molecule has 0 saturated carbocycles. The van der Waals surface area contributed by atoms with Crippen LogP contribution < -0.4 is 10.3 Å². The number of ether oxygens (including phenoxy) is 1. The Kier molecular flexibility index (Phi) is 5.07. The van der Waals surface area contributed by atoms with Gasteiger partial charge in [-0.2, -0.15) is 0 Å². The third-order valence-electron chi connectivity index (χ3n) is 5.67. The van der Waals surface area contributed by atoms with Crippen molar-refractivity contribution in [1.82, 2.24) is 14.9 Å². The fraction of sp³-hybridized carbons (Fsp3) is 0.524. The zero-order valence-electron chi connectivity index (χ0n) is 15.4. The summed E-state index contributed by atoms with van der Waals surface area (Å²) in [6, 6.07) is 10.1. The molecular weight excluding hydrogens is 326 g/mol. The van der Waals surface area contributed by atoms with Gasteiger partial charge in [0.05, 0.1) is 12.3 Å². The lowest BCUT2D eigenvalue weighted by Gasteiger charge is -2.33. The largest absolute Gasteiger partial charge is 0.493 e. The molecule has 0 unspecified atom stereocenters. The van der Waals surface area contributed by atoms with E-state index in [9.17, 15) is 4.79 Å². The molecule has 0 aliphatic carbocycles. The van der Waals surface area contributed by atoms with Crippen molar-refractivity contribution in [1.29, 1.82) is 0 Å². The third-order valence-corrected chi connectivity index (χ3v) is 5.67.